The second-order valence-electron chi connectivity index (χ2n) is 5.23. The van der Waals surface area contributed by atoms with Crippen LogP contribution in [0.2, 0.25) is 0 Å². The fraction of sp³-hybridized carbons (Fsp3) is 0.533. The van der Waals surface area contributed by atoms with Crippen molar-refractivity contribution in [3.63, 3.8) is 0 Å². The Labute approximate surface area is 123 Å². The zero-order chi connectivity index (χ0) is 13.7. The molecule has 3 nitrogen and oxygen atoms in total. The minimum absolute atomic E-state index is 0.0384. The summed E-state index contributed by atoms with van der Waals surface area (Å²) in [4.78, 5) is 12.4. The van der Waals surface area contributed by atoms with Gasteiger partial charge < -0.3 is 10.6 Å². The van der Waals surface area contributed by atoms with Gasteiger partial charge >= 0.3 is 0 Å². The molecule has 0 aliphatic carbocycles. The van der Waals surface area contributed by atoms with Gasteiger partial charge in [0.2, 0.25) is 5.91 Å². The van der Waals surface area contributed by atoms with E-state index in [4.69, 9.17) is 0 Å². The second kappa shape index (κ2) is 7.06. The van der Waals surface area contributed by atoms with Gasteiger partial charge in [-0.05, 0) is 31.7 Å². The maximum absolute atomic E-state index is 12.0. The van der Waals surface area contributed by atoms with Crippen LogP contribution in [0.25, 0.3) is 0 Å². The van der Waals surface area contributed by atoms with Crippen molar-refractivity contribution >= 4 is 21.8 Å². The number of rotatable bonds is 5. The van der Waals surface area contributed by atoms with Gasteiger partial charge in [0, 0.05) is 17.4 Å². The van der Waals surface area contributed by atoms with E-state index in [1.165, 1.54) is 5.56 Å². The van der Waals surface area contributed by atoms with Crippen LogP contribution >= 0.6 is 15.9 Å². The van der Waals surface area contributed by atoms with E-state index < -0.39 is 0 Å². The lowest BCUT2D eigenvalue weighted by Gasteiger charge is -2.17. The molecule has 1 aliphatic rings. The second-order valence-corrected chi connectivity index (χ2v) is 6.52. The molecule has 4 heteroatoms. The van der Waals surface area contributed by atoms with Crippen molar-refractivity contribution in [3.05, 3.63) is 35.9 Å². The molecular formula is C15H21BrN2O. The topological polar surface area (TPSA) is 41.1 Å². The minimum atomic E-state index is -0.0384. The Bertz CT molecular complexity index is 410. The predicted molar refractivity (Wildman–Crippen MR) is 81.5 cm³/mol. The normalized spacial score (nSPS) is 24.1. The number of amides is 1. The molecule has 0 radical (unpaired) electrons. The molecule has 104 valence electrons. The van der Waals surface area contributed by atoms with Gasteiger partial charge in [-0.3, -0.25) is 4.79 Å². The molecule has 1 fully saturated rings. The third-order valence-electron chi connectivity index (χ3n) is 3.49. The van der Waals surface area contributed by atoms with E-state index in [2.05, 4.69) is 57.8 Å². The Morgan fingerprint density at radius 2 is 2.21 bits per heavy atom. The summed E-state index contributed by atoms with van der Waals surface area (Å²) in [5, 5.41) is 6.32. The van der Waals surface area contributed by atoms with Crippen LogP contribution in [0.1, 0.15) is 25.3 Å². The lowest BCUT2D eigenvalue weighted by Crippen LogP contribution is -2.44. The number of hydrogen-bond acceptors (Lipinski definition) is 2. The third kappa shape index (κ3) is 4.62. The highest BCUT2D eigenvalue weighted by molar-refractivity contribution is 9.09. The minimum Gasteiger partial charge on any atom is -0.352 e. The molecule has 19 heavy (non-hydrogen) atoms. The van der Waals surface area contributed by atoms with Crippen molar-refractivity contribution in [2.45, 2.75) is 43.1 Å². The Balaban J connectivity index is 1.72. The van der Waals surface area contributed by atoms with Crippen molar-refractivity contribution < 1.29 is 4.79 Å². The van der Waals surface area contributed by atoms with Crippen LogP contribution < -0.4 is 10.6 Å². The van der Waals surface area contributed by atoms with Gasteiger partial charge in [0.25, 0.3) is 0 Å². The average Bonchev–Trinajstić information content (AvgIpc) is 2.84. The number of carbonyl (C=O) groups excluding carboxylic acids is 1. The number of hydrogen-bond donors (Lipinski definition) is 2. The molecule has 1 aliphatic heterocycles. The molecule has 0 aromatic heterocycles. The first-order valence-electron chi connectivity index (χ1n) is 6.87. The SMILES string of the molecule is CC(CCc1ccccc1)NC(=O)C1CC(Br)CN1. The van der Waals surface area contributed by atoms with Gasteiger partial charge in [-0.15, -0.1) is 0 Å². The summed E-state index contributed by atoms with van der Waals surface area (Å²) in [6.45, 7) is 2.94. The molecular weight excluding hydrogens is 304 g/mol. The Hall–Kier alpha value is -0.870. The Morgan fingerprint density at radius 1 is 1.47 bits per heavy atom. The molecule has 1 heterocycles. The maximum atomic E-state index is 12.0. The van der Waals surface area contributed by atoms with E-state index >= 15 is 0 Å². The van der Waals surface area contributed by atoms with E-state index in [0.717, 1.165) is 25.8 Å². The van der Waals surface area contributed by atoms with Crippen molar-refractivity contribution in [1.29, 1.82) is 0 Å². The molecule has 3 atom stereocenters. The van der Waals surface area contributed by atoms with Crippen LogP contribution in [0.3, 0.4) is 0 Å². The number of carbonyl (C=O) groups is 1. The molecule has 1 amide bonds. The molecule has 0 saturated carbocycles. The monoisotopic (exact) mass is 324 g/mol. The number of halogens is 1. The zero-order valence-electron chi connectivity index (χ0n) is 11.2. The fourth-order valence-electron chi connectivity index (χ4n) is 2.34. The average molecular weight is 325 g/mol. The van der Waals surface area contributed by atoms with Crippen LogP contribution in [-0.4, -0.2) is 29.4 Å². The van der Waals surface area contributed by atoms with Gasteiger partial charge in [0.05, 0.1) is 6.04 Å². The predicted octanol–water partition coefficient (Wildman–Crippen LogP) is 2.25. The van der Waals surface area contributed by atoms with E-state index in [0.29, 0.717) is 4.83 Å². The number of benzene rings is 1. The van der Waals surface area contributed by atoms with Crippen LogP contribution in [0.4, 0.5) is 0 Å². The summed E-state index contributed by atoms with van der Waals surface area (Å²) in [6, 6.07) is 10.6. The van der Waals surface area contributed by atoms with Crippen LogP contribution in [-0.2, 0) is 11.2 Å². The fourth-order valence-corrected chi connectivity index (χ4v) is 2.90. The summed E-state index contributed by atoms with van der Waals surface area (Å²) in [6.07, 6.45) is 2.85. The first kappa shape index (κ1) is 14.5. The molecule has 2 rings (SSSR count). The van der Waals surface area contributed by atoms with Gasteiger partial charge in [0.1, 0.15) is 0 Å². The van der Waals surface area contributed by atoms with E-state index in [1.54, 1.807) is 0 Å². The molecule has 2 N–H and O–H groups in total. The number of alkyl halides is 1. The van der Waals surface area contributed by atoms with Gasteiger partial charge in [-0.2, -0.15) is 0 Å². The first-order chi connectivity index (χ1) is 9.15. The van der Waals surface area contributed by atoms with Crippen molar-refractivity contribution in [2.24, 2.45) is 0 Å². The smallest absolute Gasteiger partial charge is 0.237 e. The van der Waals surface area contributed by atoms with Crippen LogP contribution in [0.5, 0.6) is 0 Å². The quantitative estimate of drug-likeness (QED) is 0.816. The van der Waals surface area contributed by atoms with Crippen molar-refractivity contribution in [1.82, 2.24) is 10.6 Å². The molecule has 1 aromatic rings. The number of aryl methyl sites for hydroxylation is 1. The van der Waals surface area contributed by atoms with Crippen LogP contribution in [0.15, 0.2) is 30.3 Å². The summed E-state index contributed by atoms with van der Waals surface area (Å²) >= 11 is 3.53. The maximum Gasteiger partial charge on any atom is 0.237 e. The molecule has 1 aromatic carbocycles. The summed E-state index contributed by atoms with van der Waals surface area (Å²) in [5.41, 5.74) is 1.32. The summed E-state index contributed by atoms with van der Waals surface area (Å²) < 4.78 is 0. The Morgan fingerprint density at radius 3 is 2.84 bits per heavy atom. The van der Waals surface area contributed by atoms with E-state index in [1.807, 2.05) is 6.07 Å². The first-order valence-corrected chi connectivity index (χ1v) is 7.78. The molecule has 1 saturated heterocycles. The lowest BCUT2D eigenvalue weighted by molar-refractivity contribution is -0.123. The highest BCUT2D eigenvalue weighted by atomic mass is 79.9. The lowest BCUT2D eigenvalue weighted by atomic mass is 10.1. The highest BCUT2D eigenvalue weighted by Gasteiger charge is 2.28. The van der Waals surface area contributed by atoms with E-state index in [-0.39, 0.29) is 18.0 Å². The van der Waals surface area contributed by atoms with Gasteiger partial charge in [-0.25, -0.2) is 0 Å². The third-order valence-corrected chi connectivity index (χ3v) is 4.19. The van der Waals surface area contributed by atoms with Gasteiger partial charge in [-0.1, -0.05) is 46.3 Å². The van der Waals surface area contributed by atoms with Crippen molar-refractivity contribution in [2.75, 3.05) is 6.54 Å². The number of nitrogens with one attached hydrogen (secondary N) is 2. The molecule has 3 unspecified atom stereocenters. The van der Waals surface area contributed by atoms with E-state index in [9.17, 15) is 4.79 Å². The Kier molecular flexibility index (Phi) is 5.40. The standard InChI is InChI=1S/C15H21BrN2O/c1-11(7-8-12-5-3-2-4-6-12)18-15(19)14-9-13(16)10-17-14/h2-6,11,13-14,17H,7-10H2,1H3,(H,18,19). The van der Waals surface area contributed by atoms with Gasteiger partial charge in [0.15, 0.2) is 0 Å². The summed E-state index contributed by atoms with van der Waals surface area (Å²) in [5.74, 6) is 0.127. The molecule has 0 bridgehead atoms. The van der Waals surface area contributed by atoms with Crippen molar-refractivity contribution in [3.8, 4) is 0 Å². The largest absolute Gasteiger partial charge is 0.352 e. The van der Waals surface area contributed by atoms with Crippen LogP contribution in [0, 0.1) is 0 Å². The zero-order valence-corrected chi connectivity index (χ0v) is 12.8. The summed E-state index contributed by atoms with van der Waals surface area (Å²) in [7, 11) is 0. The highest BCUT2D eigenvalue weighted by Crippen LogP contribution is 2.14. The molecule has 0 spiro atoms.